The number of piperazine rings is 1. The second kappa shape index (κ2) is 8.73. The average Bonchev–Trinajstić information content (AvgIpc) is 3.59. The number of benzene rings is 1. The standard InChI is InChI=1S/C24H33N5O3/c30-21(17-29-22(31)24(26-23(29)32)9-2-1-3-10-24)25-19-5-4-6-20(15-19)28-13-11-27(12-14-28)16-18-7-8-18/h4-6,15,18H,1-3,7-14,16-17H2,(H,25,30)(H,26,32). The van der Waals surface area contributed by atoms with Crippen molar-refractivity contribution in [1.82, 2.24) is 15.1 Å². The lowest BCUT2D eigenvalue weighted by atomic mass is 9.82. The van der Waals surface area contributed by atoms with Crippen molar-refractivity contribution in [1.29, 1.82) is 0 Å². The average molecular weight is 440 g/mol. The highest BCUT2D eigenvalue weighted by Crippen LogP contribution is 2.34. The number of amides is 4. The maximum absolute atomic E-state index is 12.9. The van der Waals surface area contributed by atoms with E-state index >= 15 is 0 Å². The van der Waals surface area contributed by atoms with E-state index in [-0.39, 0.29) is 18.4 Å². The number of nitrogens with one attached hydrogen (secondary N) is 2. The third kappa shape index (κ3) is 4.46. The van der Waals surface area contributed by atoms with E-state index in [9.17, 15) is 14.4 Å². The summed E-state index contributed by atoms with van der Waals surface area (Å²) < 4.78 is 0. The number of imide groups is 1. The zero-order valence-corrected chi connectivity index (χ0v) is 18.6. The Hall–Kier alpha value is -2.61. The van der Waals surface area contributed by atoms with Gasteiger partial charge < -0.3 is 15.5 Å². The van der Waals surface area contributed by atoms with Gasteiger partial charge in [-0.15, -0.1) is 0 Å². The van der Waals surface area contributed by atoms with Crippen molar-refractivity contribution in [2.24, 2.45) is 5.92 Å². The Kier molecular flexibility index (Phi) is 5.80. The van der Waals surface area contributed by atoms with Gasteiger partial charge in [0.05, 0.1) is 0 Å². The second-order valence-electron chi connectivity index (χ2n) is 9.79. The van der Waals surface area contributed by atoms with Crippen molar-refractivity contribution in [2.75, 3.05) is 49.5 Å². The molecule has 8 nitrogen and oxygen atoms in total. The van der Waals surface area contributed by atoms with Gasteiger partial charge in [0, 0.05) is 44.1 Å². The fraction of sp³-hybridized carbons (Fsp3) is 0.625. The van der Waals surface area contributed by atoms with Crippen molar-refractivity contribution in [3.63, 3.8) is 0 Å². The molecule has 5 rings (SSSR count). The van der Waals surface area contributed by atoms with Crippen LogP contribution in [0.2, 0.25) is 0 Å². The van der Waals surface area contributed by atoms with E-state index in [0.717, 1.165) is 61.9 Å². The summed E-state index contributed by atoms with van der Waals surface area (Å²) >= 11 is 0. The number of rotatable bonds is 6. The first-order valence-electron chi connectivity index (χ1n) is 12.0. The maximum atomic E-state index is 12.9. The number of hydrogen-bond acceptors (Lipinski definition) is 5. The number of anilines is 2. The van der Waals surface area contributed by atoms with Crippen molar-refractivity contribution >= 4 is 29.2 Å². The van der Waals surface area contributed by atoms with Gasteiger partial charge in [0.25, 0.3) is 5.91 Å². The monoisotopic (exact) mass is 439 g/mol. The molecule has 2 heterocycles. The topological polar surface area (TPSA) is 85.0 Å². The van der Waals surface area contributed by atoms with Crippen molar-refractivity contribution in [3.05, 3.63) is 24.3 Å². The summed E-state index contributed by atoms with van der Waals surface area (Å²) in [7, 11) is 0. The number of carbonyl (C=O) groups excluding carboxylic acids is 3. The Balaban J connectivity index is 1.16. The molecular weight excluding hydrogens is 406 g/mol. The van der Waals surface area contributed by atoms with Crippen LogP contribution < -0.4 is 15.5 Å². The summed E-state index contributed by atoms with van der Waals surface area (Å²) in [5, 5.41) is 5.73. The molecule has 2 aliphatic carbocycles. The van der Waals surface area contributed by atoms with Gasteiger partial charge in [-0.25, -0.2) is 4.79 Å². The van der Waals surface area contributed by atoms with E-state index in [4.69, 9.17) is 0 Å². The molecule has 8 heteroatoms. The quantitative estimate of drug-likeness (QED) is 0.665. The van der Waals surface area contributed by atoms with Crippen molar-refractivity contribution in [2.45, 2.75) is 50.5 Å². The third-order valence-corrected chi connectivity index (χ3v) is 7.34. The van der Waals surface area contributed by atoms with Crippen LogP contribution in [0.5, 0.6) is 0 Å². The molecule has 4 aliphatic rings. The molecule has 2 N–H and O–H groups in total. The zero-order valence-electron chi connectivity index (χ0n) is 18.6. The molecule has 4 amide bonds. The highest BCUT2D eigenvalue weighted by molar-refractivity contribution is 6.10. The van der Waals surface area contributed by atoms with Gasteiger partial charge in [-0.05, 0) is 49.8 Å². The smallest absolute Gasteiger partial charge is 0.325 e. The molecule has 0 aromatic heterocycles. The fourth-order valence-corrected chi connectivity index (χ4v) is 5.29. The van der Waals surface area contributed by atoms with Crippen LogP contribution in [0.1, 0.15) is 44.9 Å². The van der Waals surface area contributed by atoms with Crippen molar-refractivity contribution < 1.29 is 14.4 Å². The first kappa shape index (κ1) is 21.2. The summed E-state index contributed by atoms with van der Waals surface area (Å²) in [6.07, 6.45) is 7.01. The van der Waals surface area contributed by atoms with Crippen LogP contribution in [0.25, 0.3) is 0 Å². The van der Waals surface area contributed by atoms with E-state index in [1.54, 1.807) is 0 Å². The molecule has 0 radical (unpaired) electrons. The lowest BCUT2D eigenvalue weighted by Crippen LogP contribution is -2.48. The highest BCUT2D eigenvalue weighted by atomic mass is 16.2. The predicted molar refractivity (Wildman–Crippen MR) is 123 cm³/mol. The minimum atomic E-state index is -0.794. The Labute approximate surface area is 189 Å². The minimum absolute atomic E-state index is 0.253. The first-order chi connectivity index (χ1) is 15.5. The molecule has 2 saturated heterocycles. The van der Waals surface area contributed by atoms with E-state index in [1.807, 2.05) is 18.2 Å². The molecule has 1 aromatic rings. The molecule has 4 fully saturated rings. The SMILES string of the molecule is O=C(CN1C(=O)NC2(CCCCC2)C1=O)Nc1cccc(N2CCN(CC3CC3)CC2)c1. The zero-order chi connectivity index (χ0) is 22.1. The third-order valence-electron chi connectivity index (χ3n) is 7.34. The minimum Gasteiger partial charge on any atom is -0.369 e. The summed E-state index contributed by atoms with van der Waals surface area (Å²) in [5.74, 6) is 0.306. The Morgan fingerprint density at radius 3 is 2.53 bits per heavy atom. The van der Waals surface area contributed by atoms with Crippen LogP contribution in [0, 0.1) is 5.92 Å². The van der Waals surface area contributed by atoms with Gasteiger partial charge in [0.1, 0.15) is 12.1 Å². The molecule has 172 valence electrons. The molecule has 2 aliphatic heterocycles. The molecule has 32 heavy (non-hydrogen) atoms. The highest BCUT2D eigenvalue weighted by Gasteiger charge is 2.51. The van der Waals surface area contributed by atoms with Crippen LogP contribution in [0.3, 0.4) is 0 Å². The molecule has 0 unspecified atom stereocenters. The fourth-order valence-electron chi connectivity index (χ4n) is 5.29. The van der Waals surface area contributed by atoms with Gasteiger partial charge in [-0.3, -0.25) is 19.4 Å². The molecule has 0 bridgehead atoms. The van der Waals surface area contributed by atoms with Crippen LogP contribution in [-0.4, -0.2) is 72.5 Å². The summed E-state index contributed by atoms with van der Waals surface area (Å²) in [6, 6.07) is 7.37. The number of hydrogen-bond donors (Lipinski definition) is 2. The van der Waals surface area contributed by atoms with Gasteiger partial charge in [0.2, 0.25) is 5.91 Å². The molecular formula is C24H33N5O3. The van der Waals surface area contributed by atoms with E-state index in [1.165, 1.54) is 19.4 Å². The predicted octanol–water partition coefficient (Wildman–Crippen LogP) is 2.41. The van der Waals surface area contributed by atoms with Gasteiger partial charge in [-0.1, -0.05) is 25.3 Å². The molecule has 0 atom stereocenters. The summed E-state index contributed by atoms with van der Waals surface area (Å²) in [4.78, 5) is 43.9. The molecule has 2 saturated carbocycles. The summed E-state index contributed by atoms with van der Waals surface area (Å²) in [6.45, 7) is 5.08. The normalized spacial score (nSPS) is 23.5. The van der Waals surface area contributed by atoms with Crippen LogP contribution >= 0.6 is 0 Å². The number of carbonyl (C=O) groups is 3. The van der Waals surface area contributed by atoms with E-state index in [0.29, 0.717) is 18.5 Å². The summed E-state index contributed by atoms with van der Waals surface area (Å²) in [5.41, 5.74) is 0.981. The lowest BCUT2D eigenvalue weighted by Gasteiger charge is -2.36. The van der Waals surface area contributed by atoms with Gasteiger partial charge in [0.15, 0.2) is 0 Å². The van der Waals surface area contributed by atoms with Crippen LogP contribution in [0.15, 0.2) is 24.3 Å². The molecule has 1 aromatic carbocycles. The van der Waals surface area contributed by atoms with E-state index in [2.05, 4.69) is 26.5 Å². The second-order valence-corrected chi connectivity index (χ2v) is 9.79. The van der Waals surface area contributed by atoms with Crippen LogP contribution in [-0.2, 0) is 9.59 Å². The van der Waals surface area contributed by atoms with Gasteiger partial charge in [-0.2, -0.15) is 0 Å². The lowest BCUT2D eigenvalue weighted by molar-refractivity contribution is -0.134. The number of urea groups is 1. The Bertz CT molecular complexity index is 885. The van der Waals surface area contributed by atoms with Crippen molar-refractivity contribution in [3.8, 4) is 0 Å². The Morgan fingerprint density at radius 2 is 1.81 bits per heavy atom. The number of nitrogens with zero attached hydrogens (tertiary/aromatic N) is 3. The maximum Gasteiger partial charge on any atom is 0.325 e. The largest absolute Gasteiger partial charge is 0.369 e. The molecule has 1 spiro atoms. The van der Waals surface area contributed by atoms with Gasteiger partial charge >= 0.3 is 6.03 Å². The first-order valence-corrected chi connectivity index (χ1v) is 12.0. The van der Waals surface area contributed by atoms with Crippen LogP contribution in [0.4, 0.5) is 16.2 Å². The Morgan fingerprint density at radius 1 is 1.06 bits per heavy atom. The van der Waals surface area contributed by atoms with E-state index < -0.39 is 11.6 Å².